The number of carbonyl (C=O) groups excluding carboxylic acids is 2. The molecule has 0 unspecified atom stereocenters. The number of alkyl carbamates (subject to hydrolysis) is 1. The van der Waals surface area contributed by atoms with E-state index in [1.54, 1.807) is 30.3 Å². The van der Waals surface area contributed by atoms with Crippen molar-refractivity contribution in [3.05, 3.63) is 59.4 Å². The Bertz CT molecular complexity index is 1380. The van der Waals surface area contributed by atoms with Crippen molar-refractivity contribution < 1.29 is 26.9 Å². The summed E-state index contributed by atoms with van der Waals surface area (Å²) in [5.41, 5.74) is 2.68. The molecule has 0 radical (unpaired) electrons. The molecule has 0 saturated heterocycles. The molecule has 12 heteroatoms. The first-order valence-corrected chi connectivity index (χ1v) is 13.6. The van der Waals surface area contributed by atoms with E-state index in [1.807, 2.05) is 11.6 Å². The molecule has 1 heterocycles. The molecule has 3 aromatic rings. The Morgan fingerprint density at radius 3 is 2.43 bits per heavy atom. The average Bonchev–Trinajstić information content (AvgIpc) is 3.16. The number of hydrogen-bond donors (Lipinski definition) is 3. The van der Waals surface area contributed by atoms with E-state index < -0.39 is 22.2 Å². The van der Waals surface area contributed by atoms with Gasteiger partial charge >= 0.3 is 22.2 Å². The molecule has 0 fully saturated rings. The number of anilines is 1. The van der Waals surface area contributed by atoms with Crippen LogP contribution in [0.15, 0.2) is 42.5 Å². The van der Waals surface area contributed by atoms with Crippen molar-refractivity contribution in [2.75, 3.05) is 18.2 Å². The minimum atomic E-state index is -3.91. The van der Waals surface area contributed by atoms with Gasteiger partial charge in [0.1, 0.15) is 11.7 Å². The Labute approximate surface area is 215 Å². The van der Waals surface area contributed by atoms with Crippen molar-refractivity contribution in [3.8, 4) is 0 Å². The maximum atomic E-state index is 12.0. The van der Waals surface area contributed by atoms with Gasteiger partial charge in [0.2, 0.25) is 0 Å². The molecular weight excluding hydrogens is 498 g/mol. The van der Waals surface area contributed by atoms with Gasteiger partial charge in [0.05, 0.1) is 36.0 Å². The second-order valence-corrected chi connectivity index (χ2v) is 10.1. The highest BCUT2D eigenvalue weighted by atomic mass is 32.2. The molecular formula is C25H31N5O6S. The van der Waals surface area contributed by atoms with Gasteiger partial charge in [0, 0.05) is 18.3 Å². The van der Waals surface area contributed by atoms with E-state index in [1.165, 1.54) is 12.1 Å². The first-order chi connectivity index (χ1) is 17.6. The Balaban J connectivity index is 1.56. The summed E-state index contributed by atoms with van der Waals surface area (Å²) in [4.78, 5) is 28.4. The molecule has 0 spiro atoms. The average molecular weight is 530 g/mol. The van der Waals surface area contributed by atoms with Crippen molar-refractivity contribution in [2.45, 2.75) is 39.2 Å². The van der Waals surface area contributed by atoms with Gasteiger partial charge in [-0.2, -0.15) is 8.42 Å². The summed E-state index contributed by atoms with van der Waals surface area (Å²) < 4.78 is 33.8. The van der Waals surface area contributed by atoms with Gasteiger partial charge < -0.3 is 18.8 Å². The number of imidazole rings is 1. The minimum absolute atomic E-state index is 0.0503. The van der Waals surface area contributed by atoms with E-state index in [9.17, 15) is 18.0 Å². The van der Waals surface area contributed by atoms with Crippen molar-refractivity contribution in [2.24, 2.45) is 7.05 Å². The number of amides is 1. The molecule has 3 rings (SSSR count). The van der Waals surface area contributed by atoms with E-state index in [4.69, 9.17) is 10.1 Å². The topological polar surface area (TPSA) is 152 Å². The molecule has 1 aromatic heterocycles. The van der Waals surface area contributed by atoms with E-state index >= 15 is 0 Å². The summed E-state index contributed by atoms with van der Waals surface area (Å²) in [6, 6.07) is 11.6. The number of aryl methyl sites for hydroxylation is 1. The Morgan fingerprint density at radius 1 is 1.05 bits per heavy atom. The molecule has 198 valence electrons. The summed E-state index contributed by atoms with van der Waals surface area (Å²) in [6.07, 6.45) is 4.18. The zero-order valence-corrected chi connectivity index (χ0v) is 21.9. The third-order valence-electron chi connectivity index (χ3n) is 5.52. The molecule has 11 nitrogen and oxygen atoms in total. The van der Waals surface area contributed by atoms with E-state index in [0.717, 1.165) is 43.1 Å². The van der Waals surface area contributed by atoms with E-state index in [2.05, 4.69) is 26.7 Å². The number of ether oxygens (including phenoxy) is 1. The molecule has 0 aliphatic heterocycles. The Morgan fingerprint density at radius 2 is 1.76 bits per heavy atom. The zero-order valence-electron chi connectivity index (χ0n) is 21.0. The van der Waals surface area contributed by atoms with Gasteiger partial charge in [-0.25, -0.2) is 14.6 Å². The van der Waals surface area contributed by atoms with Gasteiger partial charge in [-0.3, -0.25) is 10.7 Å². The highest BCUT2D eigenvalue weighted by molar-refractivity contribution is 7.86. The summed E-state index contributed by atoms with van der Waals surface area (Å²) in [5.74, 6) is -0.329. The predicted octanol–water partition coefficient (Wildman–Crippen LogP) is 3.93. The molecule has 0 bridgehead atoms. The molecule has 1 amide bonds. The maximum Gasteiger partial charge on any atom is 0.412 e. The van der Waals surface area contributed by atoms with Gasteiger partial charge in [-0.05, 0) is 48.9 Å². The van der Waals surface area contributed by atoms with Gasteiger partial charge in [0.15, 0.2) is 0 Å². The number of unbranched alkanes of at least 4 members (excludes halogenated alkanes) is 3. The molecule has 3 N–H and O–H groups in total. The minimum Gasteiger partial charge on any atom is -0.449 e. The van der Waals surface area contributed by atoms with Crippen LogP contribution in [-0.4, -0.2) is 48.7 Å². The second-order valence-electron chi connectivity index (χ2n) is 8.49. The fourth-order valence-electron chi connectivity index (χ4n) is 3.56. The monoisotopic (exact) mass is 529 g/mol. The van der Waals surface area contributed by atoms with Gasteiger partial charge in [-0.15, -0.1) is 0 Å². The number of hydrogen-bond acceptors (Lipinski definition) is 9. The lowest BCUT2D eigenvalue weighted by Crippen LogP contribution is -2.31. The highest BCUT2D eigenvalue weighted by Crippen LogP contribution is 2.19. The number of rotatable bonds is 11. The van der Waals surface area contributed by atoms with Crippen LogP contribution >= 0.6 is 0 Å². The third kappa shape index (κ3) is 8.04. The lowest BCUT2D eigenvalue weighted by atomic mass is 10.2. The Hall–Kier alpha value is -3.93. The number of nitrogens with zero attached hydrogens (tertiary/aromatic N) is 2. The smallest absolute Gasteiger partial charge is 0.412 e. The van der Waals surface area contributed by atoms with Crippen molar-refractivity contribution in [1.29, 1.82) is 5.41 Å². The molecule has 37 heavy (non-hydrogen) atoms. The number of benzene rings is 2. The van der Waals surface area contributed by atoms with Crippen LogP contribution in [0.4, 0.5) is 10.5 Å². The normalized spacial score (nSPS) is 11.2. The van der Waals surface area contributed by atoms with Crippen molar-refractivity contribution >= 4 is 44.7 Å². The standard InChI is InChI=1S/C25H31N5O6S/c1-4-5-6-7-14-35-25(32)29-23(26)17-8-11-19(12-9-17)27-16-22-28-20-15-18(10-13-21(20)30(22)2)24(31)36-37(3,33)34/h8-13,15,27H,4-7,14,16H2,1-3H3,(H2,26,29,32). The highest BCUT2D eigenvalue weighted by Gasteiger charge is 2.16. The summed E-state index contributed by atoms with van der Waals surface area (Å²) in [5, 5.41) is 13.8. The van der Waals surface area contributed by atoms with Crippen LogP contribution in [0.2, 0.25) is 0 Å². The second kappa shape index (κ2) is 12.3. The molecule has 0 aliphatic rings. The predicted molar refractivity (Wildman–Crippen MR) is 140 cm³/mol. The maximum absolute atomic E-state index is 12.0. The van der Waals surface area contributed by atoms with Crippen LogP contribution < -0.4 is 10.6 Å². The van der Waals surface area contributed by atoms with Crippen molar-refractivity contribution in [1.82, 2.24) is 14.9 Å². The molecule has 0 saturated carbocycles. The summed E-state index contributed by atoms with van der Waals surface area (Å²) in [6.45, 7) is 2.81. The zero-order chi connectivity index (χ0) is 27.0. The quantitative estimate of drug-likeness (QED) is 0.146. The number of aromatic nitrogens is 2. The molecule has 0 atom stereocenters. The number of carbonyl (C=O) groups is 2. The number of nitrogens with one attached hydrogen (secondary N) is 3. The SMILES string of the molecule is CCCCCCOC(=O)NC(=N)c1ccc(NCc2nc3cc(C(=O)OS(C)(=O)=O)ccc3n2C)cc1. The fourth-order valence-corrected chi connectivity index (χ4v) is 3.93. The molecule has 0 aliphatic carbocycles. The number of fused-ring (bicyclic) bond motifs is 1. The summed E-state index contributed by atoms with van der Waals surface area (Å²) in [7, 11) is -2.08. The molecule has 2 aromatic carbocycles. The summed E-state index contributed by atoms with van der Waals surface area (Å²) >= 11 is 0. The van der Waals surface area contributed by atoms with Crippen LogP contribution in [0.25, 0.3) is 11.0 Å². The lowest BCUT2D eigenvalue weighted by molar-refractivity contribution is 0.0748. The largest absolute Gasteiger partial charge is 0.449 e. The van der Waals surface area contributed by atoms with Crippen molar-refractivity contribution in [3.63, 3.8) is 0 Å². The lowest BCUT2D eigenvalue weighted by Gasteiger charge is -2.10. The van der Waals surface area contributed by atoms with E-state index in [-0.39, 0.29) is 11.4 Å². The van der Waals surface area contributed by atoms with Crippen LogP contribution in [0, 0.1) is 5.41 Å². The van der Waals surface area contributed by atoms with Gasteiger partial charge in [0.25, 0.3) is 0 Å². The van der Waals surface area contributed by atoms with Crippen LogP contribution in [0.1, 0.15) is 54.4 Å². The Kier molecular flexibility index (Phi) is 9.23. The van der Waals surface area contributed by atoms with E-state index in [0.29, 0.717) is 30.1 Å². The van der Waals surface area contributed by atoms with Crippen LogP contribution in [0.5, 0.6) is 0 Å². The third-order valence-corrected chi connectivity index (χ3v) is 5.97. The first-order valence-electron chi connectivity index (χ1n) is 11.8. The van der Waals surface area contributed by atoms with Gasteiger partial charge in [-0.1, -0.05) is 26.2 Å². The number of amidine groups is 1. The first kappa shape index (κ1) is 27.7. The van der Waals surface area contributed by atoms with Crippen LogP contribution in [-0.2, 0) is 32.6 Å². The van der Waals surface area contributed by atoms with Crippen LogP contribution in [0.3, 0.4) is 0 Å². The fraction of sp³-hybridized carbons (Fsp3) is 0.360.